The number of rotatable bonds is 5. The van der Waals surface area contributed by atoms with Gasteiger partial charge in [-0.2, -0.15) is 5.10 Å². The highest BCUT2D eigenvalue weighted by Crippen LogP contribution is 2.28. The quantitative estimate of drug-likeness (QED) is 0.548. The molecule has 0 aliphatic heterocycles. The number of nitrogens with one attached hydrogen (secondary N) is 2. The van der Waals surface area contributed by atoms with Gasteiger partial charge in [-0.25, -0.2) is 4.98 Å². The third-order valence-corrected chi connectivity index (χ3v) is 2.86. The third-order valence-electron chi connectivity index (χ3n) is 1.98. The molecule has 0 atom stereocenters. The molecule has 0 radical (unpaired) electrons. The van der Waals surface area contributed by atoms with Gasteiger partial charge in [0.05, 0.1) is 0 Å². The van der Waals surface area contributed by atoms with Crippen LogP contribution in [0.1, 0.15) is 12.8 Å². The van der Waals surface area contributed by atoms with Crippen LogP contribution in [0, 0.1) is 5.92 Å². The van der Waals surface area contributed by atoms with Gasteiger partial charge in [0.1, 0.15) is 6.33 Å². The summed E-state index contributed by atoms with van der Waals surface area (Å²) in [6.45, 7) is 0.695. The lowest BCUT2D eigenvalue weighted by atomic mass is 10.4. The summed E-state index contributed by atoms with van der Waals surface area (Å²) in [7, 11) is 0. The number of aromatic nitrogens is 3. The van der Waals surface area contributed by atoms with E-state index in [4.69, 9.17) is 0 Å². The fourth-order valence-electron chi connectivity index (χ4n) is 1.08. The smallest absolute Gasteiger partial charge is 0.223 e. The second-order valence-electron chi connectivity index (χ2n) is 3.20. The van der Waals surface area contributed by atoms with Gasteiger partial charge in [0.15, 0.2) is 5.16 Å². The first-order valence-electron chi connectivity index (χ1n) is 4.62. The predicted octanol–water partition coefficient (Wildman–Crippen LogP) is 0.423. The maximum Gasteiger partial charge on any atom is 0.223 e. The molecule has 1 aliphatic carbocycles. The summed E-state index contributed by atoms with van der Waals surface area (Å²) in [6.07, 6.45) is 3.59. The van der Waals surface area contributed by atoms with Crippen LogP contribution in [0.4, 0.5) is 0 Å². The zero-order chi connectivity index (χ0) is 9.80. The average Bonchev–Trinajstić information content (AvgIpc) is 2.92. The summed E-state index contributed by atoms with van der Waals surface area (Å²) in [4.78, 5) is 15.2. The molecule has 1 aliphatic rings. The SMILES string of the molecule is O=C(NCCSc1ncn[nH]1)C1CC1. The molecule has 0 aromatic carbocycles. The molecule has 2 N–H and O–H groups in total. The largest absolute Gasteiger partial charge is 0.355 e. The summed E-state index contributed by atoms with van der Waals surface area (Å²) >= 11 is 1.56. The van der Waals surface area contributed by atoms with Gasteiger partial charge < -0.3 is 5.32 Å². The number of aromatic amines is 1. The monoisotopic (exact) mass is 212 g/mol. The van der Waals surface area contributed by atoms with E-state index in [2.05, 4.69) is 20.5 Å². The van der Waals surface area contributed by atoms with Crippen molar-refractivity contribution in [1.29, 1.82) is 0 Å². The minimum absolute atomic E-state index is 0.197. The van der Waals surface area contributed by atoms with Crippen LogP contribution in [0.2, 0.25) is 0 Å². The number of hydrogen-bond acceptors (Lipinski definition) is 4. The highest BCUT2D eigenvalue weighted by Gasteiger charge is 2.28. The Kier molecular flexibility index (Phi) is 3.03. The van der Waals surface area contributed by atoms with Gasteiger partial charge in [-0.05, 0) is 12.8 Å². The van der Waals surface area contributed by atoms with Gasteiger partial charge >= 0.3 is 0 Å². The van der Waals surface area contributed by atoms with Crippen molar-refractivity contribution in [2.24, 2.45) is 5.92 Å². The van der Waals surface area contributed by atoms with Crippen molar-refractivity contribution in [1.82, 2.24) is 20.5 Å². The fraction of sp³-hybridized carbons (Fsp3) is 0.625. The van der Waals surface area contributed by atoms with Crippen LogP contribution in [0.3, 0.4) is 0 Å². The molecule has 1 fully saturated rings. The Balaban J connectivity index is 1.57. The molecule has 0 unspecified atom stereocenters. The minimum Gasteiger partial charge on any atom is -0.355 e. The first-order chi connectivity index (χ1) is 6.86. The lowest BCUT2D eigenvalue weighted by molar-refractivity contribution is -0.122. The topological polar surface area (TPSA) is 70.7 Å². The Hall–Kier alpha value is -1.04. The van der Waals surface area contributed by atoms with Gasteiger partial charge in [-0.15, -0.1) is 0 Å². The molecule has 1 aromatic rings. The molecular formula is C8H12N4OS. The fourth-order valence-corrected chi connectivity index (χ4v) is 1.71. The number of amides is 1. The van der Waals surface area contributed by atoms with Gasteiger partial charge in [0, 0.05) is 18.2 Å². The number of H-pyrrole nitrogens is 1. The highest BCUT2D eigenvalue weighted by molar-refractivity contribution is 7.99. The molecule has 1 amide bonds. The molecule has 1 saturated carbocycles. The van der Waals surface area contributed by atoms with Gasteiger partial charge in [-0.1, -0.05) is 11.8 Å². The van der Waals surface area contributed by atoms with Crippen LogP contribution in [0.25, 0.3) is 0 Å². The van der Waals surface area contributed by atoms with Crippen molar-refractivity contribution in [2.45, 2.75) is 18.0 Å². The van der Waals surface area contributed by atoms with Gasteiger partial charge in [-0.3, -0.25) is 9.89 Å². The van der Waals surface area contributed by atoms with E-state index >= 15 is 0 Å². The predicted molar refractivity (Wildman–Crippen MR) is 52.8 cm³/mol. The second kappa shape index (κ2) is 4.45. The molecule has 14 heavy (non-hydrogen) atoms. The summed E-state index contributed by atoms with van der Waals surface area (Å²) in [5.41, 5.74) is 0. The van der Waals surface area contributed by atoms with Crippen LogP contribution >= 0.6 is 11.8 Å². The van der Waals surface area contributed by atoms with E-state index in [0.29, 0.717) is 12.5 Å². The zero-order valence-corrected chi connectivity index (χ0v) is 8.51. The van der Waals surface area contributed by atoms with Crippen LogP contribution < -0.4 is 5.32 Å². The summed E-state index contributed by atoms with van der Waals surface area (Å²) in [5, 5.41) is 10.2. The van der Waals surface area contributed by atoms with E-state index in [1.54, 1.807) is 11.8 Å². The first-order valence-corrected chi connectivity index (χ1v) is 5.60. The Morgan fingerprint density at radius 2 is 2.57 bits per heavy atom. The van der Waals surface area contributed by atoms with Crippen LogP contribution in [0.15, 0.2) is 11.5 Å². The van der Waals surface area contributed by atoms with E-state index in [-0.39, 0.29) is 5.91 Å². The second-order valence-corrected chi connectivity index (χ2v) is 4.29. The number of nitrogens with zero attached hydrogens (tertiary/aromatic N) is 2. The maximum absolute atomic E-state index is 11.2. The first kappa shape index (κ1) is 9.51. The van der Waals surface area contributed by atoms with Gasteiger partial charge in [0.2, 0.25) is 5.91 Å². The van der Waals surface area contributed by atoms with Crippen molar-refractivity contribution >= 4 is 17.7 Å². The lowest BCUT2D eigenvalue weighted by Crippen LogP contribution is -2.26. The number of carbonyl (C=O) groups excluding carboxylic acids is 1. The van der Waals surface area contributed by atoms with Crippen molar-refractivity contribution < 1.29 is 4.79 Å². The highest BCUT2D eigenvalue weighted by atomic mass is 32.2. The maximum atomic E-state index is 11.2. The Morgan fingerprint density at radius 1 is 1.71 bits per heavy atom. The van der Waals surface area contributed by atoms with Crippen molar-refractivity contribution in [3.63, 3.8) is 0 Å². The number of hydrogen-bond donors (Lipinski definition) is 2. The van der Waals surface area contributed by atoms with E-state index in [1.807, 2.05) is 0 Å². The van der Waals surface area contributed by atoms with Crippen molar-refractivity contribution in [3.8, 4) is 0 Å². The molecule has 6 heteroatoms. The molecule has 1 heterocycles. The van der Waals surface area contributed by atoms with E-state index in [1.165, 1.54) is 6.33 Å². The number of thioether (sulfide) groups is 1. The lowest BCUT2D eigenvalue weighted by Gasteiger charge is -2.01. The molecule has 0 saturated heterocycles. The van der Waals surface area contributed by atoms with E-state index in [9.17, 15) is 4.79 Å². The minimum atomic E-state index is 0.197. The molecule has 1 aromatic heterocycles. The Morgan fingerprint density at radius 3 is 3.21 bits per heavy atom. The number of carbonyl (C=O) groups is 1. The normalized spacial score (nSPS) is 15.4. The Bertz CT molecular complexity index is 296. The van der Waals surface area contributed by atoms with Crippen molar-refractivity contribution in [3.05, 3.63) is 6.33 Å². The van der Waals surface area contributed by atoms with Gasteiger partial charge in [0.25, 0.3) is 0 Å². The van der Waals surface area contributed by atoms with E-state index in [0.717, 1.165) is 23.8 Å². The standard InChI is InChI=1S/C8H12N4OS/c13-7(6-1-2-6)9-3-4-14-8-10-5-11-12-8/h5-6H,1-4H2,(H,9,13)(H,10,11,12). The molecule has 2 rings (SSSR count). The zero-order valence-electron chi connectivity index (χ0n) is 7.69. The van der Waals surface area contributed by atoms with Crippen molar-refractivity contribution in [2.75, 3.05) is 12.3 Å². The van der Waals surface area contributed by atoms with Crippen LogP contribution in [0.5, 0.6) is 0 Å². The van der Waals surface area contributed by atoms with E-state index < -0.39 is 0 Å². The average molecular weight is 212 g/mol. The molecule has 76 valence electrons. The van der Waals surface area contributed by atoms with Crippen LogP contribution in [-0.2, 0) is 4.79 Å². The molecule has 0 spiro atoms. The van der Waals surface area contributed by atoms with Crippen LogP contribution in [-0.4, -0.2) is 33.4 Å². The third kappa shape index (κ3) is 2.73. The molecule has 5 nitrogen and oxygen atoms in total. The summed E-state index contributed by atoms with van der Waals surface area (Å²) in [6, 6.07) is 0. The molecule has 0 bridgehead atoms. The summed E-state index contributed by atoms with van der Waals surface area (Å²) in [5.74, 6) is 1.32. The summed E-state index contributed by atoms with van der Waals surface area (Å²) < 4.78 is 0. The molecular weight excluding hydrogens is 200 g/mol. The Labute approximate surface area is 86.1 Å².